The summed E-state index contributed by atoms with van der Waals surface area (Å²) in [5.74, 6) is 0.545. The predicted octanol–water partition coefficient (Wildman–Crippen LogP) is 2.15. The van der Waals surface area contributed by atoms with Gasteiger partial charge in [0, 0.05) is 38.6 Å². The van der Waals surface area contributed by atoms with Gasteiger partial charge in [0.05, 0.1) is 0 Å². The van der Waals surface area contributed by atoms with E-state index in [0.29, 0.717) is 26.2 Å². The van der Waals surface area contributed by atoms with Crippen LogP contribution < -0.4 is 5.32 Å². The number of carbonyl (C=O) groups excluding carboxylic acids is 2. The fraction of sp³-hybridized carbons (Fsp3) is 0.556. The van der Waals surface area contributed by atoms with Crippen LogP contribution >= 0.6 is 0 Å². The second kappa shape index (κ2) is 7.02. The van der Waals surface area contributed by atoms with Crippen LogP contribution in [0.1, 0.15) is 30.4 Å². The van der Waals surface area contributed by atoms with Gasteiger partial charge in [0.2, 0.25) is 5.91 Å². The van der Waals surface area contributed by atoms with Crippen LogP contribution in [-0.2, 0) is 11.3 Å². The maximum Gasteiger partial charge on any atom is 0.317 e. The van der Waals surface area contributed by atoms with Gasteiger partial charge in [-0.05, 0) is 31.7 Å². The third kappa shape index (κ3) is 4.24. The van der Waals surface area contributed by atoms with Crippen LogP contribution in [-0.4, -0.2) is 47.9 Å². The van der Waals surface area contributed by atoms with E-state index in [1.54, 1.807) is 0 Å². The number of carbonyl (C=O) groups is 2. The van der Waals surface area contributed by atoms with E-state index in [0.717, 1.165) is 31.4 Å². The van der Waals surface area contributed by atoms with E-state index < -0.39 is 0 Å². The molecule has 3 amide bonds. The summed E-state index contributed by atoms with van der Waals surface area (Å²) < 4.78 is 0. The average molecular weight is 315 g/mol. The van der Waals surface area contributed by atoms with Crippen molar-refractivity contribution in [3.63, 3.8) is 0 Å². The van der Waals surface area contributed by atoms with Gasteiger partial charge in [0.15, 0.2) is 0 Å². The number of nitrogens with zero attached hydrogens (tertiary/aromatic N) is 2. The van der Waals surface area contributed by atoms with Crippen LogP contribution in [0.25, 0.3) is 0 Å². The number of urea groups is 1. The Bertz CT molecular complexity index is 566. The zero-order valence-corrected chi connectivity index (χ0v) is 13.8. The van der Waals surface area contributed by atoms with Gasteiger partial charge in [-0.15, -0.1) is 0 Å². The minimum atomic E-state index is -0.0358. The highest BCUT2D eigenvalue weighted by Crippen LogP contribution is 2.31. The lowest BCUT2D eigenvalue weighted by Gasteiger charge is -2.22. The second-order valence-corrected chi connectivity index (χ2v) is 6.58. The molecule has 1 saturated carbocycles. The largest absolute Gasteiger partial charge is 0.341 e. The Morgan fingerprint density at radius 2 is 1.70 bits per heavy atom. The standard InChI is InChI=1S/C18H25N3O2/c1-14-3-5-15(6-4-14)13-19-18(23)21-10-2-9-20(11-12-21)17(22)16-7-8-16/h3-6,16H,2,7-13H2,1H3,(H,19,23). The van der Waals surface area contributed by atoms with Gasteiger partial charge in [-0.2, -0.15) is 0 Å². The first-order chi connectivity index (χ1) is 11.1. The van der Waals surface area contributed by atoms with Gasteiger partial charge in [-0.25, -0.2) is 4.79 Å². The molecule has 1 saturated heterocycles. The number of amides is 3. The first kappa shape index (κ1) is 15.8. The summed E-state index contributed by atoms with van der Waals surface area (Å²) in [6.45, 7) is 5.37. The molecule has 2 fully saturated rings. The monoisotopic (exact) mass is 315 g/mol. The molecular weight excluding hydrogens is 290 g/mol. The van der Waals surface area contributed by atoms with Crippen LogP contribution in [0.5, 0.6) is 0 Å². The third-order valence-electron chi connectivity index (χ3n) is 4.59. The highest BCUT2D eigenvalue weighted by molar-refractivity contribution is 5.81. The van der Waals surface area contributed by atoms with Gasteiger partial charge < -0.3 is 15.1 Å². The zero-order valence-electron chi connectivity index (χ0n) is 13.8. The van der Waals surface area contributed by atoms with E-state index >= 15 is 0 Å². The fourth-order valence-electron chi connectivity index (χ4n) is 2.92. The van der Waals surface area contributed by atoms with Crippen LogP contribution in [0.2, 0.25) is 0 Å². The molecule has 0 aromatic heterocycles. The van der Waals surface area contributed by atoms with E-state index in [-0.39, 0.29) is 17.9 Å². The van der Waals surface area contributed by atoms with Gasteiger partial charge in [0.1, 0.15) is 0 Å². The molecule has 124 valence electrons. The van der Waals surface area contributed by atoms with Gasteiger partial charge in [0.25, 0.3) is 0 Å². The quantitative estimate of drug-likeness (QED) is 0.929. The Hall–Kier alpha value is -2.04. The van der Waals surface area contributed by atoms with Crippen molar-refractivity contribution in [2.24, 2.45) is 5.92 Å². The summed E-state index contributed by atoms with van der Waals surface area (Å²) in [7, 11) is 0. The molecule has 5 heteroatoms. The van der Waals surface area contributed by atoms with E-state index in [2.05, 4.69) is 17.4 Å². The van der Waals surface area contributed by atoms with E-state index in [1.807, 2.05) is 28.9 Å². The molecule has 0 atom stereocenters. The molecule has 23 heavy (non-hydrogen) atoms. The average Bonchev–Trinajstić information content (AvgIpc) is 3.39. The van der Waals surface area contributed by atoms with Gasteiger partial charge in [-0.3, -0.25) is 4.79 Å². The zero-order chi connectivity index (χ0) is 16.2. The summed E-state index contributed by atoms with van der Waals surface area (Å²) in [6.07, 6.45) is 2.93. The van der Waals surface area contributed by atoms with E-state index in [1.165, 1.54) is 5.56 Å². The lowest BCUT2D eigenvalue weighted by Crippen LogP contribution is -2.42. The first-order valence-corrected chi connectivity index (χ1v) is 8.50. The molecule has 2 aliphatic rings. The topological polar surface area (TPSA) is 52.7 Å². The van der Waals surface area contributed by atoms with E-state index in [4.69, 9.17) is 0 Å². The number of hydrogen-bond donors (Lipinski definition) is 1. The Balaban J connectivity index is 1.47. The molecule has 0 radical (unpaired) electrons. The van der Waals surface area contributed by atoms with Crippen LogP contribution in [0.4, 0.5) is 4.79 Å². The third-order valence-corrected chi connectivity index (χ3v) is 4.59. The molecule has 3 rings (SSSR count). The first-order valence-electron chi connectivity index (χ1n) is 8.50. The Labute approximate surface area is 137 Å². The summed E-state index contributed by atoms with van der Waals surface area (Å²) in [5, 5.41) is 2.98. The molecule has 1 aromatic carbocycles. The van der Waals surface area contributed by atoms with Crippen LogP contribution in [0.3, 0.4) is 0 Å². The number of rotatable bonds is 3. The SMILES string of the molecule is Cc1ccc(CNC(=O)N2CCCN(C(=O)C3CC3)CC2)cc1. The molecule has 1 N–H and O–H groups in total. The molecule has 0 unspecified atom stereocenters. The molecule has 1 aliphatic heterocycles. The minimum Gasteiger partial charge on any atom is -0.341 e. The Morgan fingerprint density at radius 3 is 2.39 bits per heavy atom. The molecule has 1 aromatic rings. The number of aryl methyl sites for hydroxylation is 1. The summed E-state index contributed by atoms with van der Waals surface area (Å²) in [4.78, 5) is 28.2. The van der Waals surface area contributed by atoms with Crippen LogP contribution in [0.15, 0.2) is 24.3 Å². The number of benzene rings is 1. The number of nitrogens with one attached hydrogen (secondary N) is 1. The molecule has 0 spiro atoms. The lowest BCUT2D eigenvalue weighted by atomic mass is 10.1. The molecular formula is C18H25N3O2. The highest BCUT2D eigenvalue weighted by Gasteiger charge is 2.34. The Morgan fingerprint density at radius 1 is 1.04 bits per heavy atom. The van der Waals surface area contributed by atoms with Crippen molar-refractivity contribution in [2.75, 3.05) is 26.2 Å². The molecule has 5 nitrogen and oxygen atoms in total. The Kier molecular flexibility index (Phi) is 4.84. The smallest absolute Gasteiger partial charge is 0.317 e. The highest BCUT2D eigenvalue weighted by atomic mass is 16.2. The normalized spacial score (nSPS) is 18.5. The minimum absolute atomic E-state index is 0.0358. The van der Waals surface area contributed by atoms with E-state index in [9.17, 15) is 9.59 Å². The summed E-state index contributed by atoms with van der Waals surface area (Å²) in [5.41, 5.74) is 2.32. The van der Waals surface area contributed by atoms with Gasteiger partial charge in [-0.1, -0.05) is 29.8 Å². The van der Waals surface area contributed by atoms with Crippen molar-refractivity contribution >= 4 is 11.9 Å². The maximum atomic E-state index is 12.3. The molecule has 0 bridgehead atoms. The van der Waals surface area contributed by atoms with Crippen molar-refractivity contribution in [1.82, 2.24) is 15.1 Å². The van der Waals surface area contributed by atoms with Crippen molar-refractivity contribution < 1.29 is 9.59 Å². The van der Waals surface area contributed by atoms with Crippen molar-refractivity contribution in [3.8, 4) is 0 Å². The van der Waals surface area contributed by atoms with Gasteiger partial charge >= 0.3 is 6.03 Å². The predicted molar refractivity (Wildman–Crippen MR) is 88.9 cm³/mol. The van der Waals surface area contributed by atoms with Crippen molar-refractivity contribution in [3.05, 3.63) is 35.4 Å². The van der Waals surface area contributed by atoms with Crippen molar-refractivity contribution in [2.45, 2.75) is 32.7 Å². The summed E-state index contributed by atoms with van der Waals surface area (Å²) >= 11 is 0. The molecule has 1 aliphatic carbocycles. The number of hydrogen-bond acceptors (Lipinski definition) is 2. The van der Waals surface area contributed by atoms with Crippen molar-refractivity contribution in [1.29, 1.82) is 0 Å². The fourth-order valence-corrected chi connectivity index (χ4v) is 2.92. The lowest BCUT2D eigenvalue weighted by molar-refractivity contribution is -0.132. The maximum absolute atomic E-state index is 12.3. The van der Waals surface area contributed by atoms with Crippen LogP contribution in [0, 0.1) is 12.8 Å². The molecule has 1 heterocycles. The summed E-state index contributed by atoms with van der Waals surface area (Å²) in [6, 6.07) is 8.14. The second-order valence-electron chi connectivity index (χ2n) is 6.58.